The number of ether oxygens (including phenoxy) is 1. The fourth-order valence-electron chi connectivity index (χ4n) is 3.16. The van der Waals surface area contributed by atoms with Gasteiger partial charge >= 0.3 is 5.97 Å². The minimum Gasteiger partial charge on any atom is -0.464 e. The number of rotatable bonds is 3. The molecule has 1 heterocycles. The molecule has 1 aliphatic heterocycles. The van der Waals surface area contributed by atoms with Gasteiger partial charge in [-0.1, -0.05) is 30.3 Å². The van der Waals surface area contributed by atoms with Crippen LogP contribution in [0.5, 0.6) is 0 Å². The molecule has 25 heavy (non-hydrogen) atoms. The van der Waals surface area contributed by atoms with E-state index in [9.17, 15) is 9.59 Å². The van der Waals surface area contributed by atoms with Crippen LogP contribution in [0.15, 0.2) is 54.6 Å². The second-order valence-electron chi connectivity index (χ2n) is 6.09. The molecule has 0 aromatic heterocycles. The molecule has 2 aromatic rings. The van der Waals surface area contributed by atoms with Crippen LogP contribution in [0.3, 0.4) is 0 Å². The zero-order chi connectivity index (χ0) is 17.8. The number of esters is 1. The first kappa shape index (κ1) is 17.0. The zero-order valence-corrected chi connectivity index (χ0v) is 14.4. The molecule has 3 rings (SSSR count). The van der Waals surface area contributed by atoms with Crippen molar-refractivity contribution in [2.45, 2.75) is 32.4 Å². The van der Waals surface area contributed by atoms with Gasteiger partial charge in [-0.25, -0.2) is 4.79 Å². The Morgan fingerprint density at radius 3 is 2.52 bits per heavy atom. The number of anilines is 2. The molecule has 2 unspecified atom stereocenters. The summed E-state index contributed by atoms with van der Waals surface area (Å²) in [5.74, 6) is -0.370. The van der Waals surface area contributed by atoms with Gasteiger partial charge in [-0.3, -0.25) is 4.79 Å². The van der Waals surface area contributed by atoms with Crippen LogP contribution in [0, 0.1) is 0 Å². The Bertz CT molecular complexity index is 761. The minimum atomic E-state index is -0.482. The monoisotopic (exact) mass is 338 g/mol. The van der Waals surface area contributed by atoms with Gasteiger partial charge in [0.2, 0.25) is 0 Å². The summed E-state index contributed by atoms with van der Waals surface area (Å²) in [5.41, 5.74) is 2.16. The predicted octanol–water partition coefficient (Wildman–Crippen LogP) is 3.47. The molecule has 1 amide bonds. The van der Waals surface area contributed by atoms with Crippen LogP contribution in [-0.2, 0) is 9.53 Å². The highest BCUT2D eigenvalue weighted by molar-refractivity contribution is 6.08. The normalized spacial score (nSPS) is 19.4. The number of benzene rings is 2. The third-order valence-corrected chi connectivity index (χ3v) is 4.32. The molecule has 0 spiro atoms. The van der Waals surface area contributed by atoms with Crippen LogP contribution in [0.25, 0.3) is 0 Å². The van der Waals surface area contributed by atoms with E-state index in [1.54, 1.807) is 24.0 Å². The van der Waals surface area contributed by atoms with Gasteiger partial charge in [0, 0.05) is 11.6 Å². The molecular weight excluding hydrogens is 316 g/mol. The summed E-state index contributed by atoms with van der Waals surface area (Å²) in [4.78, 5) is 27.1. The van der Waals surface area contributed by atoms with Crippen molar-refractivity contribution in [2.75, 3.05) is 16.8 Å². The third kappa shape index (κ3) is 3.50. The van der Waals surface area contributed by atoms with Crippen molar-refractivity contribution in [1.82, 2.24) is 0 Å². The summed E-state index contributed by atoms with van der Waals surface area (Å²) >= 11 is 0. The molecule has 0 radical (unpaired) electrons. The quantitative estimate of drug-likeness (QED) is 0.871. The Labute approximate surface area is 147 Å². The highest BCUT2D eigenvalue weighted by atomic mass is 16.5. The lowest BCUT2D eigenvalue weighted by atomic mass is 10.1. The molecule has 0 fully saturated rings. The number of hydrogen-bond donors (Lipinski definition) is 1. The van der Waals surface area contributed by atoms with Gasteiger partial charge in [-0.2, -0.15) is 0 Å². The fourth-order valence-corrected chi connectivity index (χ4v) is 3.16. The van der Waals surface area contributed by atoms with Crippen molar-refractivity contribution in [3.63, 3.8) is 0 Å². The van der Waals surface area contributed by atoms with Crippen LogP contribution in [0.1, 0.15) is 30.6 Å². The van der Waals surface area contributed by atoms with Gasteiger partial charge in [-0.05, 0) is 44.5 Å². The topological polar surface area (TPSA) is 58.6 Å². The van der Waals surface area contributed by atoms with Gasteiger partial charge in [0.25, 0.3) is 5.91 Å². The van der Waals surface area contributed by atoms with Crippen molar-refractivity contribution in [3.8, 4) is 0 Å². The summed E-state index contributed by atoms with van der Waals surface area (Å²) in [7, 11) is 0. The van der Waals surface area contributed by atoms with E-state index < -0.39 is 6.04 Å². The lowest BCUT2D eigenvalue weighted by Gasteiger charge is -2.28. The van der Waals surface area contributed by atoms with Gasteiger partial charge in [-0.15, -0.1) is 0 Å². The summed E-state index contributed by atoms with van der Waals surface area (Å²) < 4.78 is 5.18. The molecule has 0 bridgehead atoms. The standard InChI is InChI=1S/C20H22N2O3/c1-3-25-20(24)17-13-14(2)22(18-12-8-7-11-16(18)21-17)19(23)15-9-5-4-6-10-15/h4-12,14,17,21H,3,13H2,1-2H3. The molecule has 5 heteroatoms. The highest BCUT2D eigenvalue weighted by Crippen LogP contribution is 2.34. The van der Waals surface area contributed by atoms with Crippen LogP contribution in [-0.4, -0.2) is 30.6 Å². The van der Waals surface area contributed by atoms with Gasteiger partial charge < -0.3 is 15.0 Å². The Kier molecular flexibility index (Phi) is 5.03. The summed E-state index contributed by atoms with van der Waals surface area (Å²) in [5, 5.41) is 3.24. The first-order chi connectivity index (χ1) is 12.1. The van der Waals surface area contributed by atoms with Crippen molar-refractivity contribution >= 4 is 23.3 Å². The third-order valence-electron chi connectivity index (χ3n) is 4.32. The zero-order valence-electron chi connectivity index (χ0n) is 14.4. The highest BCUT2D eigenvalue weighted by Gasteiger charge is 2.34. The number of carbonyl (C=O) groups excluding carboxylic acids is 2. The number of hydrogen-bond acceptors (Lipinski definition) is 4. The van der Waals surface area contributed by atoms with E-state index in [2.05, 4.69) is 5.32 Å². The number of carbonyl (C=O) groups is 2. The van der Waals surface area contributed by atoms with E-state index in [4.69, 9.17) is 4.74 Å². The Morgan fingerprint density at radius 2 is 1.80 bits per heavy atom. The van der Waals surface area contributed by atoms with Gasteiger partial charge in [0.1, 0.15) is 6.04 Å². The first-order valence-electron chi connectivity index (χ1n) is 8.52. The van der Waals surface area contributed by atoms with E-state index in [1.165, 1.54) is 0 Å². The number of fused-ring (bicyclic) bond motifs is 1. The largest absolute Gasteiger partial charge is 0.464 e. The Morgan fingerprint density at radius 1 is 1.12 bits per heavy atom. The molecule has 0 saturated heterocycles. The van der Waals surface area contributed by atoms with E-state index in [0.29, 0.717) is 18.6 Å². The van der Waals surface area contributed by atoms with E-state index in [0.717, 1.165) is 11.4 Å². The SMILES string of the molecule is CCOC(=O)C1CC(C)N(C(=O)c2ccccc2)c2ccccc2N1. The van der Waals surface area contributed by atoms with Crippen molar-refractivity contribution in [3.05, 3.63) is 60.2 Å². The van der Waals surface area contributed by atoms with Crippen LogP contribution in [0.2, 0.25) is 0 Å². The fraction of sp³-hybridized carbons (Fsp3) is 0.300. The van der Waals surface area contributed by atoms with Gasteiger partial charge in [0.15, 0.2) is 0 Å². The molecule has 5 nitrogen and oxygen atoms in total. The first-order valence-corrected chi connectivity index (χ1v) is 8.52. The molecular formula is C20H22N2O3. The van der Waals surface area contributed by atoms with E-state index in [-0.39, 0.29) is 17.9 Å². The molecule has 2 aromatic carbocycles. The van der Waals surface area contributed by atoms with E-state index >= 15 is 0 Å². The van der Waals surface area contributed by atoms with Crippen LogP contribution in [0.4, 0.5) is 11.4 Å². The second-order valence-corrected chi connectivity index (χ2v) is 6.09. The maximum absolute atomic E-state index is 13.1. The lowest BCUT2D eigenvalue weighted by molar-refractivity contribution is -0.144. The smallest absolute Gasteiger partial charge is 0.328 e. The van der Waals surface area contributed by atoms with Crippen LogP contribution >= 0.6 is 0 Å². The number of para-hydroxylation sites is 2. The number of nitrogens with one attached hydrogen (secondary N) is 1. The van der Waals surface area contributed by atoms with Crippen molar-refractivity contribution in [2.24, 2.45) is 0 Å². The average molecular weight is 338 g/mol. The molecule has 0 aliphatic carbocycles. The number of amides is 1. The second kappa shape index (κ2) is 7.38. The molecule has 1 aliphatic rings. The lowest BCUT2D eigenvalue weighted by Crippen LogP contribution is -2.41. The maximum atomic E-state index is 13.1. The summed E-state index contributed by atoms with van der Waals surface area (Å²) in [6, 6.07) is 16.1. The summed E-state index contributed by atoms with van der Waals surface area (Å²) in [6.45, 7) is 4.08. The Hall–Kier alpha value is -2.82. The summed E-state index contributed by atoms with van der Waals surface area (Å²) in [6.07, 6.45) is 0.478. The molecule has 130 valence electrons. The van der Waals surface area contributed by atoms with Crippen molar-refractivity contribution in [1.29, 1.82) is 0 Å². The average Bonchev–Trinajstić information content (AvgIpc) is 2.78. The number of nitrogens with zero attached hydrogens (tertiary/aromatic N) is 1. The van der Waals surface area contributed by atoms with E-state index in [1.807, 2.05) is 49.4 Å². The molecule has 2 atom stereocenters. The van der Waals surface area contributed by atoms with Crippen molar-refractivity contribution < 1.29 is 14.3 Å². The maximum Gasteiger partial charge on any atom is 0.328 e. The minimum absolute atomic E-state index is 0.0770. The molecule has 0 saturated carbocycles. The van der Waals surface area contributed by atoms with Crippen LogP contribution < -0.4 is 10.2 Å². The van der Waals surface area contributed by atoms with Gasteiger partial charge in [0.05, 0.1) is 18.0 Å². The Balaban J connectivity index is 1.99. The molecule has 1 N–H and O–H groups in total. The predicted molar refractivity (Wildman–Crippen MR) is 97.8 cm³/mol.